The van der Waals surface area contributed by atoms with Gasteiger partial charge in [-0.1, -0.05) is 6.07 Å². The molecular weight excluding hydrogens is 263 g/mol. The second-order valence-electron chi connectivity index (χ2n) is 5.23. The van der Waals surface area contributed by atoms with Crippen LogP contribution in [0.25, 0.3) is 0 Å². The van der Waals surface area contributed by atoms with Crippen LogP contribution in [-0.2, 0) is 11.3 Å². The van der Waals surface area contributed by atoms with Crippen LogP contribution in [0.15, 0.2) is 18.2 Å². The van der Waals surface area contributed by atoms with Crippen LogP contribution < -0.4 is 0 Å². The number of hydrogen-bond donors (Lipinski definition) is 0. The van der Waals surface area contributed by atoms with Crippen LogP contribution in [0.4, 0.5) is 10.1 Å². The molecule has 1 fully saturated rings. The van der Waals surface area contributed by atoms with Crippen LogP contribution in [0.5, 0.6) is 0 Å². The van der Waals surface area contributed by atoms with E-state index in [9.17, 15) is 14.5 Å². The van der Waals surface area contributed by atoms with Gasteiger partial charge in [0.05, 0.1) is 11.0 Å². The lowest BCUT2D eigenvalue weighted by molar-refractivity contribution is -0.387. The Morgan fingerprint density at radius 3 is 2.90 bits per heavy atom. The van der Waals surface area contributed by atoms with Gasteiger partial charge in [-0.25, -0.2) is 0 Å². The van der Waals surface area contributed by atoms with E-state index in [4.69, 9.17) is 4.74 Å². The van der Waals surface area contributed by atoms with E-state index in [1.54, 1.807) is 6.07 Å². The first-order valence-corrected chi connectivity index (χ1v) is 6.79. The molecule has 0 aliphatic carbocycles. The maximum Gasteiger partial charge on any atom is 0.304 e. The molecule has 0 saturated carbocycles. The molecule has 1 aromatic carbocycles. The van der Waals surface area contributed by atoms with E-state index in [2.05, 4.69) is 4.90 Å². The van der Waals surface area contributed by atoms with Gasteiger partial charge in [0.15, 0.2) is 0 Å². The average Bonchev–Trinajstić information content (AvgIpc) is 2.39. The highest BCUT2D eigenvalue weighted by atomic mass is 19.1. The van der Waals surface area contributed by atoms with E-state index in [0.29, 0.717) is 6.54 Å². The van der Waals surface area contributed by atoms with Crippen molar-refractivity contribution in [2.75, 3.05) is 20.2 Å². The van der Waals surface area contributed by atoms with Gasteiger partial charge in [-0.3, -0.25) is 15.0 Å². The zero-order valence-electron chi connectivity index (χ0n) is 11.5. The van der Waals surface area contributed by atoms with E-state index in [0.717, 1.165) is 31.6 Å². The fourth-order valence-electron chi connectivity index (χ4n) is 2.47. The normalized spacial score (nSPS) is 19.2. The summed E-state index contributed by atoms with van der Waals surface area (Å²) >= 11 is 0. The molecule has 0 aromatic heterocycles. The van der Waals surface area contributed by atoms with E-state index in [1.807, 2.05) is 7.05 Å². The second kappa shape index (κ2) is 6.76. The standard InChI is InChI=1S/C14H19FN2O3/c1-16(10-12-4-2-3-7-20-12)9-11-5-6-14(17(18)19)13(15)8-11/h5-6,8,12H,2-4,7,9-10H2,1H3. The number of rotatable bonds is 5. The van der Waals surface area contributed by atoms with Crippen molar-refractivity contribution in [3.63, 3.8) is 0 Å². The summed E-state index contributed by atoms with van der Waals surface area (Å²) in [5.41, 5.74) is 0.249. The molecule has 0 spiro atoms. The first-order valence-electron chi connectivity index (χ1n) is 6.79. The number of halogens is 1. The summed E-state index contributed by atoms with van der Waals surface area (Å²) in [4.78, 5) is 11.9. The lowest BCUT2D eigenvalue weighted by Crippen LogP contribution is -2.33. The summed E-state index contributed by atoms with van der Waals surface area (Å²) in [6, 6.07) is 4.05. The Morgan fingerprint density at radius 2 is 2.30 bits per heavy atom. The molecule has 110 valence electrons. The zero-order chi connectivity index (χ0) is 14.5. The molecule has 0 N–H and O–H groups in total. The molecule has 1 saturated heterocycles. The SMILES string of the molecule is CN(Cc1ccc([N+](=O)[O-])c(F)c1)CC1CCCCO1. The number of hydrogen-bond acceptors (Lipinski definition) is 4. The molecule has 1 unspecified atom stereocenters. The molecule has 1 aliphatic rings. The van der Waals surface area contributed by atoms with Gasteiger partial charge in [-0.15, -0.1) is 0 Å². The molecule has 0 amide bonds. The Bertz CT molecular complexity index is 475. The van der Waals surface area contributed by atoms with Crippen LogP contribution in [-0.4, -0.2) is 36.1 Å². The maximum absolute atomic E-state index is 13.5. The molecule has 1 aromatic rings. The fourth-order valence-corrected chi connectivity index (χ4v) is 2.47. The minimum absolute atomic E-state index is 0.233. The Labute approximate surface area is 117 Å². The van der Waals surface area contributed by atoms with Crippen LogP contribution in [0.3, 0.4) is 0 Å². The van der Waals surface area contributed by atoms with Gasteiger partial charge in [-0.05, 0) is 37.9 Å². The quantitative estimate of drug-likeness (QED) is 0.615. The van der Waals surface area contributed by atoms with Gasteiger partial charge in [0.2, 0.25) is 5.82 Å². The van der Waals surface area contributed by atoms with Crippen molar-refractivity contribution in [2.24, 2.45) is 0 Å². The minimum atomic E-state index is -0.783. The zero-order valence-corrected chi connectivity index (χ0v) is 11.5. The number of nitro benzene ring substituents is 1. The van der Waals surface area contributed by atoms with Crippen LogP contribution in [0.1, 0.15) is 24.8 Å². The maximum atomic E-state index is 13.5. The summed E-state index contributed by atoms with van der Waals surface area (Å²) < 4.78 is 19.2. The monoisotopic (exact) mass is 282 g/mol. The highest BCUT2D eigenvalue weighted by Crippen LogP contribution is 2.19. The third-order valence-corrected chi connectivity index (χ3v) is 3.45. The molecule has 1 atom stereocenters. The summed E-state index contributed by atoms with van der Waals surface area (Å²) in [5, 5.41) is 10.6. The van der Waals surface area contributed by atoms with Crippen molar-refractivity contribution in [1.29, 1.82) is 0 Å². The second-order valence-corrected chi connectivity index (χ2v) is 5.23. The molecule has 2 rings (SSSR count). The van der Waals surface area contributed by atoms with E-state index in [1.165, 1.54) is 18.6 Å². The van der Waals surface area contributed by atoms with Crippen LogP contribution in [0.2, 0.25) is 0 Å². The first-order chi connectivity index (χ1) is 9.56. The average molecular weight is 282 g/mol. The van der Waals surface area contributed by atoms with Gasteiger partial charge < -0.3 is 4.74 Å². The predicted molar refractivity (Wildman–Crippen MR) is 73.0 cm³/mol. The van der Waals surface area contributed by atoms with Gasteiger partial charge >= 0.3 is 5.69 Å². The van der Waals surface area contributed by atoms with Crippen LogP contribution >= 0.6 is 0 Å². The number of nitro groups is 1. The summed E-state index contributed by atoms with van der Waals surface area (Å²) in [6.07, 6.45) is 3.59. The number of benzene rings is 1. The smallest absolute Gasteiger partial charge is 0.304 e. The number of nitrogens with zero attached hydrogens (tertiary/aromatic N) is 2. The highest BCUT2D eigenvalue weighted by molar-refractivity contribution is 5.34. The van der Waals surface area contributed by atoms with Crippen LogP contribution in [0, 0.1) is 15.9 Å². The summed E-state index contributed by atoms with van der Waals surface area (Å²) in [5.74, 6) is -0.783. The van der Waals surface area contributed by atoms with Crippen molar-refractivity contribution in [3.8, 4) is 0 Å². The van der Waals surface area contributed by atoms with Gasteiger partial charge in [0, 0.05) is 25.8 Å². The van der Waals surface area contributed by atoms with Crippen molar-refractivity contribution in [2.45, 2.75) is 31.9 Å². The van der Waals surface area contributed by atoms with Gasteiger partial charge in [-0.2, -0.15) is 4.39 Å². The molecule has 0 bridgehead atoms. The summed E-state index contributed by atoms with van der Waals surface area (Å²) in [6.45, 7) is 2.15. The van der Waals surface area contributed by atoms with Crippen molar-refractivity contribution >= 4 is 5.69 Å². The number of likely N-dealkylation sites (N-methyl/N-ethyl adjacent to an activating group) is 1. The molecule has 0 radical (unpaired) electrons. The number of ether oxygens (including phenoxy) is 1. The van der Waals surface area contributed by atoms with Gasteiger partial charge in [0.25, 0.3) is 0 Å². The Hall–Kier alpha value is -1.53. The molecule has 1 aliphatic heterocycles. The van der Waals surface area contributed by atoms with Crippen molar-refractivity contribution < 1.29 is 14.1 Å². The van der Waals surface area contributed by atoms with Crippen molar-refractivity contribution in [3.05, 3.63) is 39.7 Å². The lowest BCUT2D eigenvalue weighted by Gasteiger charge is -2.27. The Morgan fingerprint density at radius 1 is 1.50 bits per heavy atom. The Kier molecular flexibility index (Phi) is 5.03. The third-order valence-electron chi connectivity index (χ3n) is 3.45. The van der Waals surface area contributed by atoms with Crippen molar-refractivity contribution in [1.82, 2.24) is 4.90 Å². The largest absolute Gasteiger partial charge is 0.377 e. The Balaban J connectivity index is 1.92. The third kappa shape index (κ3) is 3.98. The highest BCUT2D eigenvalue weighted by Gasteiger charge is 2.17. The lowest BCUT2D eigenvalue weighted by atomic mass is 10.1. The predicted octanol–water partition coefficient (Wildman–Crippen LogP) is 2.73. The minimum Gasteiger partial charge on any atom is -0.377 e. The van der Waals surface area contributed by atoms with E-state index in [-0.39, 0.29) is 6.10 Å². The molecule has 6 heteroatoms. The topological polar surface area (TPSA) is 55.6 Å². The fraction of sp³-hybridized carbons (Fsp3) is 0.571. The van der Waals surface area contributed by atoms with Gasteiger partial charge in [0.1, 0.15) is 0 Å². The van der Waals surface area contributed by atoms with E-state index >= 15 is 0 Å². The molecule has 1 heterocycles. The molecule has 20 heavy (non-hydrogen) atoms. The molecular formula is C14H19FN2O3. The summed E-state index contributed by atoms with van der Waals surface area (Å²) in [7, 11) is 1.94. The van der Waals surface area contributed by atoms with E-state index < -0.39 is 16.4 Å². The molecule has 5 nitrogen and oxygen atoms in total. The first kappa shape index (κ1) is 14.9.